The summed E-state index contributed by atoms with van der Waals surface area (Å²) < 4.78 is 7.02. The summed E-state index contributed by atoms with van der Waals surface area (Å²) in [5.41, 5.74) is 8.52. The number of hydrogen-bond acceptors (Lipinski definition) is 5. The van der Waals surface area contributed by atoms with Gasteiger partial charge in [0.1, 0.15) is 11.4 Å². The lowest BCUT2D eigenvalue weighted by Gasteiger charge is -2.06. The highest BCUT2D eigenvalue weighted by atomic mass is 16.5. The van der Waals surface area contributed by atoms with Gasteiger partial charge in [-0.1, -0.05) is 5.21 Å². The average molecular weight is 281 g/mol. The predicted octanol–water partition coefficient (Wildman–Crippen LogP) is 2.31. The van der Waals surface area contributed by atoms with Crippen molar-refractivity contribution in [2.24, 2.45) is 0 Å². The molecule has 0 unspecified atom stereocenters. The minimum absolute atomic E-state index is 0.491. The van der Waals surface area contributed by atoms with Crippen LogP contribution >= 0.6 is 0 Å². The van der Waals surface area contributed by atoms with Crippen LogP contribution in [0.25, 0.3) is 16.9 Å². The molecule has 3 aromatic rings. The van der Waals surface area contributed by atoms with Gasteiger partial charge in [-0.3, -0.25) is 4.98 Å². The Labute approximate surface area is 122 Å². The zero-order valence-corrected chi connectivity index (χ0v) is 11.6. The number of nitrogens with zero attached hydrogens (tertiary/aromatic N) is 4. The Bertz CT molecular complexity index is 722. The van der Waals surface area contributed by atoms with E-state index in [2.05, 4.69) is 15.3 Å². The number of benzene rings is 1. The maximum Gasteiger partial charge on any atom is 0.155 e. The number of nitrogen functional groups attached to an aromatic ring is 1. The second kappa shape index (κ2) is 5.62. The maximum atomic E-state index is 6.15. The Morgan fingerprint density at radius 3 is 2.48 bits per heavy atom. The summed E-state index contributed by atoms with van der Waals surface area (Å²) in [7, 11) is 0. The third-order valence-electron chi connectivity index (χ3n) is 3.05. The van der Waals surface area contributed by atoms with Crippen molar-refractivity contribution in [3.63, 3.8) is 0 Å². The van der Waals surface area contributed by atoms with E-state index in [1.165, 1.54) is 0 Å². The number of anilines is 1. The fourth-order valence-corrected chi connectivity index (χ4v) is 2.05. The molecular formula is C15H15N5O. The Balaban J connectivity index is 1.95. The summed E-state index contributed by atoms with van der Waals surface area (Å²) in [4.78, 5) is 3.98. The third kappa shape index (κ3) is 2.55. The summed E-state index contributed by atoms with van der Waals surface area (Å²) in [5, 5.41) is 8.27. The van der Waals surface area contributed by atoms with Gasteiger partial charge < -0.3 is 10.5 Å². The zero-order chi connectivity index (χ0) is 14.7. The second-order valence-electron chi connectivity index (χ2n) is 4.40. The molecule has 6 heteroatoms. The topological polar surface area (TPSA) is 78.8 Å². The van der Waals surface area contributed by atoms with E-state index in [-0.39, 0.29) is 0 Å². The fraction of sp³-hybridized carbons (Fsp3) is 0.133. The number of pyridine rings is 1. The third-order valence-corrected chi connectivity index (χ3v) is 3.05. The van der Waals surface area contributed by atoms with Crippen LogP contribution in [0.15, 0.2) is 48.8 Å². The van der Waals surface area contributed by atoms with Crippen LogP contribution in [0.3, 0.4) is 0 Å². The first-order valence-corrected chi connectivity index (χ1v) is 6.64. The monoisotopic (exact) mass is 281 g/mol. The first-order valence-electron chi connectivity index (χ1n) is 6.64. The Morgan fingerprint density at radius 1 is 1.10 bits per heavy atom. The van der Waals surface area contributed by atoms with E-state index in [9.17, 15) is 0 Å². The van der Waals surface area contributed by atoms with Crippen LogP contribution in [0, 0.1) is 0 Å². The molecule has 6 nitrogen and oxygen atoms in total. The molecule has 0 fully saturated rings. The lowest BCUT2D eigenvalue weighted by molar-refractivity contribution is 0.340. The van der Waals surface area contributed by atoms with Crippen LogP contribution in [0.1, 0.15) is 6.92 Å². The maximum absolute atomic E-state index is 6.15. The van der Waals surface area contributed by atoms with Crippen molar-refractivity contribution in [2.45, 2.75) is 6.92 Å². The first-order chi connectivity index (χ1) is 10.3. The SMILES string of the molecule is CCOc1ccc(-n2nnc(-c3ccncc3)c2N)cc1. The molecule has 0 spiro atoms. The average Bonchev–Trinajstić information content (AvgIpc) is 2.91. The Morgan fingerprint density at radius 2 is 1.81 bits per heavy atom. The molecule has 0 aliphatic rings. The van der Waals surface area contributed by atoms with Crippen molar-refractivity contribution in [1.82, 2.24) is 20.0 Å². The van der Waals surface area contributed by atoms with Gasteiger partial charge in [-0.2, -0.15) is 4.68 Å². The molecule has 3 rings (SSSR count). The van der Waals surface area contributed by atoms with Gasteiger partial charge >= 0.3 is 0 Å². The zero-order valence-electron chi connectivity index (χ0n) is 11.6. The van der Waals surface area contributed by atoms with E-state index in [1.807, 2.05) is 43.3 Å². The Hall–Kier alpha value is -2.89. The van der Waals surface area contributed by atoms with E-state index in [0.717, 1.165) is 17.0 Å². The highest BCUT2D eigenvalue weighted by molar-refractivity contribution is 5.70. The number of hydrogen-bond donors (Lipinski definition) is 1. The molecular weight excluding hydrogens is 266 g/mol. The summed E-state index contributed by atoms with van der Waals surface area (Å²) in [6, 6.07) is 11.3. The predicted molar refractivity (Wildman–Crippen MR) is 80.2 cm³/mol. The number of ether oxygens (including phenoxy) is 1. The quantitative estimate of drug-likeness (QED) is 0.794. The number of rotatable bonds is 4. The summed E-state index contributed by atoms with van der Waals surface area (Å²) in [6.07, 6.45) is 3.40. The van der Waals surface area contributed by atoms with Crippen LogP contribution in [-0.2, 0) is 0 Å². The highest BCUT2D eigenvalue weighted by Gasteiger charge is 2.12. The van der Waals surface area contributed by atoms with Crippen LogP contribution in [0.2, 0.25) is 0 Å². The second-order valence-corrected chi connectivity index (χ2v) is 4.40. The van der Waals surface area contributed by atoms with Crippen molar-refractivity contribution in [2.75, 3.05) is 12.3 Å². The van der Waals surface area contributed by atoms with Gasteiger partial charge in [0.05, 0.1) is 12.3 Å². The molecule has 0 saturated carbocycles. The van der Waals surface area contributed by atoms with Gasteiger partial charge in [-0.15, -0.1) is 5.10 Å². The molecule has 1 aromatic carbocycles. The molecule has 0 bridgehead atoms. The fourth-order valence-electron chi connectivity index (χ4n) is 2.05. The van der Waals surface area contributed by atoms with E-state index in [1.54, 1.807) is 17.1 Å². The van der Waals surface area contributed by atoms with Gasteiger partial charge in [-0.25, -0.2) is 0 Å². The standard InChI is InChI=1S/C15H15N5O/c1-2-21-13-5-3-12(4-6-13)20-15(16)14(18-19-20)11-7-9-17-10-8-11/h3-10H,2,16H2,1H3. The van der Waals surface area contributed by atoms with Crippen LogP contribution in [0.4, 0.5) is 5.82 Å². The highest BCUT2D eigenvalue weighted by Crippen LogP contribution is 2.25. The lowest BCUT2D eigenvalue weighted by atomic mass is 10.2. The van der Waals surface area contributed by atoms with Gasteiger partial charge in [0.25, 0.3) is 0 Å². The molecule has 2 heterocycles. The molecule has 2 aromatic heterocycles. The number of nitrogens with two attached hydrogens (primary N) is 1. The summed E-state index contributed by atoms with van der Waals surface area (Å²) in [5.74, 6) is 1.31. The van der Waals surface area contributed by atoms with E-state index in [4.69, 9.17) is 10.5 Å². The van der Waals surface area contributed by atoms with Crippen molar-refractivity contribution in [3.8, 4) is 22.7 Å². The van der Waals surface area contributed by atoms with Gasteiger partial charge in [0.2, 0.25) is 0 Å². The van der Waals surface area contributed by atoms with E-state index in [0.29, 0.717) is 18.1 Å². The molecule has 0 atom stereocenters. The lowest BCUT2D eigenvalue weighted by Crippen LogP contribution is -2.02. The molecule has 0 saturated heterocycles. The molecule has 106 valence electrons. The van der Waals surface area contributed by atoms with Gasteiger partial charge in [0, 0.05) is 18.0 Å². The van der Waals surface area contributed by atoms with Crippen LogP contribution < -0.4 is 10.5 Å². The summed E-state index contributed by atoms with van der Waals surface area (Å²) in [6.45, 7) is 2.58. The first kappa shape index (κ1) is 13.1. The largest absolute Gasteiger partial charge is 0.494 e. The van der Waals surface area contributed by atoms with Gasteiger partial charge in [0.15, 0.2) is 5.82 Å². The smallest absolute Gasteiger partial charge is 0.155 e. The van der Waals surface area contributed by atoms with E-state index >= 15 is 0 Å². The molecule has 2 N–H and O–H groups in total. The van der Waals surface area contributed by atoms with Crippen LogP contribution in [-0.4, -0.2) is 26.6 Å². The minimum Gasteiger partial charge on any atom is -0.494 e. The normalized spacial score (nSPS) is 10.5. The van der Waals surface area contributed by atoms with E-state index < -0.39 is 0 Å². The molecule has 0 amide bonds. The molecule has 0 aliphatic carbocycles. The van der Waals surface area contributed by atoms with Crippen molar-refractivity contribution in [1.29, 1.82) is 0 Å². The number of aromatic nitrogens is 4. The molecule has 0 aliphatic heterocycles. The van der Waals surface area contributed by atoms with Crippen LogP contribution in [0.5, 0.6) is 5.75 Å². The molecule has 0 radical (unpaired) electrons. The van der Waals surface area contributed by atoms with Crippen molar-refractivity contribution in [3.05, 3.63) is 48.8 Å². The minimum atomic E-state index is 0.491. The summed E-state index contributed by atoms with van der Waals surface area (Å²) >= 11 is 0. The molecule has 21 heavy (non-hydrogen) atoms. The Kier molecular flexibility index (Phi) is 3.51. The van der Waals surface area contributed by atoms with Gasteiger partial charge in [-0.05, 0) is 43.3 Å². The van der Waals surface area contributed by atoms with Crippen molar-refractivity contribution >= 4 is 5.82 Å². The van der Waals surface area contributed by atoms with Crippen molar-refractivity contribution < 1.29 is 4.74 Å².